The van der Waals surface area contributed by atoms with E-state index in [0.717, 1.165) is 12.8 Å². The highest BCUT2D eigenvalue weighted by atomic mass is 16.4. The van der Waals surface area contributed by atoms with Gasteiger partial charge in [-0.2, -0.15) is 0 Å². The highest BCUT2D eigenvalue weighted by Gasteiger charge is 2.61. The molecule has 0 aromatic carbocycles. The summed E-state index contributed by atoms with van der Waals surface area (Å²) in [4.78, 5) is 0. The largest absolute Gasteiger partial charge is 0.411 e. The molecule has 74 valence electrons. The quantitative estimate of drug-likeness (QED) is 0.443. The zero-order valence-corrected chi connectivity index (χ0v) is 8.41. The van der Waals surface area contributed by atoms with Gasteiger partial charge in [0.05, 0.1) is 5.71 Å². The third kappa shape index (κ3) is 0.909. The van der Waals surface area contributed by atoms with E-state index in [1.54, 1.807) is 6.92 Å². The van der Waals surface area contributed by atoms with Crippen LogP contribution in [0.2, 0.25) is 0 Å². The Kier molecular flexibility index (Phi) is 1.57. The van der Waals surface area contributed by atoms with Gasteiger partial charge in [-0.15, -0.1) is 0 Å². The number of aliphatic hydroxyl groups is 1. The smallest absolute Gasteiger partial charge is 0.106 e. The van der Waals surface area contributed by atoms with E-state index in [0.29, 0.717) is 11.6 Å². The first-order valence-corrected chi connectivity index (χ1v) is 4.84. The van der Waals surface area contributed by atoms with Crippen molar-refractivity contribution in [1.82, 2.24) is 0 Å². The van der Waals surface area contributed by atoms with E-state index in [9.17, 15) is 5.11 Å². The van der Waals surface area contributed by atoms with Crippen molar-refractivity contribution in [2.24, 2.45) is 22.4 Å². The third-order valence-corrected chi connectivity index (χ3v) is 4.29. The van der Waals surface area contributed by atoms with Crippen molar-refractivity contribution in [1.29, 1.82) is 0 Å². The van der Waals surface area contributed by atoms with Gasteiger partial charge in [-0.1, -0.05) is 19.0 Å². The van der Waals surface area contributed by atoms with Crippen LogP contribution in [0.4, 0.5) is 0 Å². The molecule has 0 saturated heterocycles. The van der Waals surface area contributed by atoms with Crippen LogP contribution in [0.1, 0.15) is 33.6 Å². The van der Waals surface area contributed by atoms with Crippen molar-refractivity contribution in [3.8, 4) is 0 Å². The fourth-order valence-corrected chi connectivity index (χ4v) is 3.10. The average Bonchev–Trinajstić information content (AvgIpc) is 2.01. The van der Waals surface area contributed by atoms with Crippen molar-refractivity contribution in [3.63, 3.8) is 0 Å². The monoisotopic (exact) mass is 183 g/mol. The van der Waals surface area contributed by atoms with Gasteiger partial charge in [0.25, 0.3) is 0 Å². The minimum absolute atomic E-state index is 0.206. The number of hydrogen-bond donors (Lipinski definition) is 2. The minimum atomic E-state index is -0.896. The van der Waals surface area contributed by atoms with Crippen molar-refractivity contribution in [2.45, 2.75) is 39.2 Å². The Morgan fingerprint density at radius 1 is 1.38 bits per heavy atom. The molecule has 3 aliphatic rings. The second-order valence-corrected chi connectivity index (χ2v) is 5.20. The summed E-state index contributed by atoms with van der Waals surface area (Å²) in [6.07, 6.45) is 1.81. The summed E-state index contributed by atoms with van der Waals surface area (Å²) in [7, 11) is 0. The fourth-order valence-electron chi connectivity index (χ4n) is 3.10. The molecule has 3 rings (SSSR count). The van der Waals surface area contributed by atoms with Crippen molar-refractivity contribution >= 4 is 5.71 Å². The SMILES string of the molecule is CC1(C)[C@@H]2C/C(=N\O)[C@@](C)(O)[C@H]1C2. The third-order valence-electron chi connectivity index (χ3n) is 4.29. The molecule has 0 aromatic heterocycles. The van der Waals surface area contributed by atoms with Crippen LogP contribution in [0, 0.1) is 17.3 Å². The lowest BCUT2D eigenvalue weighted by Gasteiger charge is -2.62. The van der Waals surface area contributed by atoms with Crippen LogP contribution in [-0.2, 0) is 0 Å². The molecule has 2 N–H and O–H groups in total. The number of rotatable bonds is 0. The van der Waals surface area contributed by atoms with Crippen LogP contribution in [0.5, 0.6) is 0 Å². The summed E-state index contributed by atoms with van der Waals surface area (Å²) in [5.74, 6) is 0.841. The van der Waals surface area contributed by atoms with Gasteiger partial charge in [0.15, 0.2) is 0 Å². The molecule has 3 saturated carbocycles. The Bertz CT molecular complexity index is 268. The lowest BCUT2D eigenvalue weighted by atomic mass is 9.44. The molecule has 0 aliphatic heterocycles. The molecule has 2 bridgehead atoms. The highest BCUT2D eigenvalue weighted by molar-refractivity contribution is 5.94. The predicted octanol–water partition coefficient (Wildman–Crippen LogP) is 1.63. The summed E-state index contributed by atoms with van der Waals surface area (Å²) >= 11 is 0. The molecule has 3 heteroatoms. The summed E-state index contributed by atoms with van der Waals surface area (Å²) in [6, 6.07) is 0. The van der Waals surface area contributed by atoms with Crippen LogP contribution in [0.15, 0.2) is 5.16 Å². The van der Waals surface area contributed by atoms with Crippen LogP contribution in [-0.4, -0.2) is 21.6 Å². The van der Waals surface area contributed by atoms with Gasteiger partial charge >= 0.3 is 0 Å². The lowest BCUT2D eigenvalue weighted by Crippen LogP contribution is -2.64. The molecule has 3 nitrogen and oxygen atoms in total. The molecule has 0 amide bonds. The molecule has 0 aromatic rings. The Hall–Kier alpha value is -0.570. The van der Waals surface area contributed by atoms with E-state index in [1.807, 2.05) is 0 Å². The van der Waals surface area contributed by atoms with E-state index >= 15 is 0 Å². The van der Waals surface area contributed by atoms with Crippen molar-refractivity contribution in [2.75, 3.05) is 0 Å². The molecular formula is C10H17NO2. The number of nitrogens with zero attached hydrogens (tertiary/aromatic N) is 1. The molecule has 0 heterocycles. The van der Waals surface area contributed by atoms with E-state index in [4.69, 9.17) is 5.21 Å². The first kappa shape index (κ1) is 9.00. The lowest BCUT2D eigenvalue weighted by molar-refractivity contribution is -0.135. The normalized spacial score (nSPS) is 50.3. The van der Waals surface area contributed by atoms with Crippen LogP contribution in [0.25, 0.3) is 0 Å². The maximum Gasteiger partial charge on any atom is 0.106 e. The topological polar surface area (TPSA) is 52.8 Å². The first-order valence-electron chi connectivity index (χ1n) is 4.84. The van der Waals surface area contributed by atoms with Gasteiger partial charge in [-0.25, -0.2) is 0 Å². The Morgan fingerprint density at radius 3 is 2.38 bits per heavy atom. The van der Waals surface area contributed by atoms with Crippen LogP contribution in [0.3, 0.4) is 0 Å². The second-order valence-electron chi connectivity index (χ2n) is 5.20. The van der Waals surface area contributed by atoms with Gasteiger partial charge in [0, 0.05) is 0 Å². The average molecular weight is 183 g/mol. The Balaban J connectivity index is 2.34. The minimum Gasteiger partial charge on any atom is -0.411 e. The summed E-state index contributed by atoms with van der Waals surface area (Å²) in [5.41, 5.74) is -0.127. The van der Waals surface area contributed by atoms with Gasteiger partial charge in [0.2, 0.25) is 0 Å². The molecular weight excluding hydrogens is 166 g/mol. The summed E-state index contributed by atoms with van der Waals surface area (Å²) < 4.78 is 0. The van der Waals surface area contributed by atoms with Gasteiger partial charge < -0.3 is 10.3 Å². The number of hydrogen-bond acceptors (Lipinski definition) is 3. The summed E-state index contributed by atoms with van der Waals surface area (Å²) in [6.45, 7) is 6.15. The molecule has 3 aliphatic carbocycles. The summed E-state index contributed by atoms with van der Waals surface area (Å²) in [5, 5.41) is 22.2. The molecule has 0 radical (unpaired) electrons. The maximum absolute atomic E-state index is 10.2. The van der Waals surface area contributed by atoms with Crippen LogP contribution >= 0.6 is 0 Å². The van der Waals surface area contributed by atoms with Gasteiger partial charge in [-0.3, -0.25) is 0 Å². The van der Waals surface area contributed by atoms with E-state index in [-0.39, 0.29) is 11.3 Å². The van der Waals surface area contributed by atoms with E-state index in [1.165, 1.54) is 0 Å². The molecule has 3 fully saturated rings. The van der Waals surface area contributed by atoms with Gasteiger partial charge in [0.1, 0.15) is 5.60 Å². The highest BCUT2D eigenvalue weighted by Crippen LogP contribution is 2.61. The number of fused-ring (bicyclic) bond motifs is 2. The standard InChI is InChI=1S/C10H17NO2/c1-9(2)6-4-7(9)10(3,12)8(5-6)11-13/h6-7,12-13H,4-5H2,1-3H3/b11-8+/t6-,7-,10-/m0/s1. The Labute approximate surface area is 78.4 Å². The van der Waals surface area contributed by atoms with Crippen LogP contribution < -0.4 is 0 Å². The first-order chi connectivity index (χ1) is 5.90. The maximum atomic E-state index is 10.2. The fraction of sp³-hybridized carbons (Fsp3) is 0.900. The molecule has 13 heavy (non-hydrogen) atoms. The van der Waals surface area contributed by atoms with E-state index in [2.05, 4.69) is 19.0 Å². The molecule has 3 atom stereocenters. The van der Waals surface area contributed by atoms with Crippen molar-refractivity contribution in [3.05, 3.63) is 0 Å². The zero-order valence-electron chi connectivity index (χ0n) is 8.41. The molecule has 0 spiro atoms. The van der Waals surface area contributed by atoms with E-state index < -0.39 is 5.60 Å². The second kappa shape index (κ2) is 2.27. The predicted molar refractivity (Wildman–Crippen MR) is 49.8 cm³/mol. The number of oxime groups is 1. The Morgan fingerprint density at radius 2 is 2.00 bits per heavy atom. The van der Waals surface area contributed by atoms with Gasteiger partial charge in [-0.05, 0) is 37.0 Å². The van der Waals surface area contributed by atoms with Crippen molar-refractivity contribution < 1.29 is 10.3 Å². The molecule has 0 unspecified atom stereocenters. The zero-order chi connectivity index (χ0) is 9.85.